The average molecular weight is 272 g/mol. The second-order valence-electron chi connectivity index (χ2n) is 3.07. The maximum atomic E-state index is 2.21. The first-order valence-electron chi connectivity index (χ1n) is 3.76. The van der Waals surface area contributed by atoms with Crippen LogP contribution in [0.5, 0.6) is 0 Å². The van der Waals surface area contributed by atoms with Gasteiger partial charge >= 0.3 is 0 Å². The molecule has 0 bridgehead atoms. The molecule has 0 aliphatic carbocycles. The van der Waals surface area contributed by atoms with E-state index in [1.807, 2.05) is 0 Å². The van der Waals surface area contributed by atoms with Crippen LogP contribution in [-0.2, 0) is 19.5 Å². The van der Waals surface area contributed by atoms with Crippen LogP contribution < -0.4 is 0 Å². The number of rotatable bonds is 1. The van der Waals surface area contributed by atoms with Crippen LogP contribution in [0, 0.1) is 6.92 Å². The SMILES string of the molecule is Cc1ccc(C(C)C)cc1.Cl.[Ru]. The molecule has 0 aliphatic rings. The van der Waals surface area contributed by atoms with Crippen LogP contribution in [0.2, 0.25) is 0 Å². The van der Waals surface area contributed by atoms with Gasteiger partial charge in [-0.15, -0.1) is 12.4 Å². The van der Waals surface area contributed by atoms with Crippen molar-refractivity contribution >= 4 is 12.4 Å². The van der Waals surface area contributed by atoms with Crippen molar-refractivity contribution < 1.29 is 19.5 Å². The van der Waals surface area contributed by atoms with Gasteiger partial charge in [0.15, 0.2) is 0 Å². The Morgan fingerprint density at radius 3 is 1.75 bits per heavy atom. The van der Waals surface area contributed by atoms with Gasteiger partial charge in [-0.3, -0.25) is 0 Å². The summed E-state index contributed by atoms with van der Waals surface area (Å²) in [5.41, 5.74) is 2.76. The van der Waals surface area contributed by atoms with Crippen LogP contribution in [-0.4, -0.2) is 0 Å². The molecule has 12 heavy (non-hydrogen) atoms. The molecule has 1 aromatic rings. The second-order valence-corrected chi connectivity index (χ2v) is 3.07. The smallest absolute Gasteiger partial charge is 0 e. The van der Waals surface area contributed by atoms with Crippen LogP contribution in [0.25, 0.3) is 0 Å². The third-order valence-corrected chi connectivity index (χ3v) is 1.74. The van der Waals surface area contributed by atoms with Gasteiger partial charge in [0, 0.05) is 19.5 Å². The van der Waals surface area contributed by atoms with Gasteiger partial charge in [0.2, 0.25) is 0 Å². The number of benzene rings is 1. The van der Waals surface area contributed by atoms with Gasteiger partial charge in [0.1, 0.15) is 0 Å². The molecule has 0 spiro atoms. The van der Waals surface area contributed by atoms with E-state index < -0.39 is 0 Å². The van der Waals surface area contributed by atoms with E-state index in [9.17, 15) is 0 Å². The molecule has 0 fully saturated rings. The van der Waals surface area contributed by atoms with Crippen molar-refractivity contribution in [1.29, 1.82) is 0 Å². The minimum atomic E-state index is 0. The Kier molecular flexibility index (Phi) is 8.09. The van der Waals surface area contributed by atoms with Gasteiger partial charge in [-0.05, 0) is 18.4 Å². The maximum absolute atomic E-state index is 2.21. The first-order valence-corrected chi connectivity index (χ1v) is 3.76. The van der Waals surface area contributed by atoms with Crippen LogP contribution in [0.15, 0.2) is 24.3 Å². The topological polar surface area (TPSA) is 0 Å². The summed E-state index contributed by atoms with van der Waals surface area (Å²) in [5, 5.41) is 0. The first kappa shape index (κ1) is 14.6. The van der Waals surface area contributed by atoms with Crippen molar-refractivity contribution in [2.75, 3.05) is 0 Å². The molecule has 2 heteroatoms. The molecule has 0 unspecified atom stereocenters. The fraction of sp³-hybridized carbons (Fsp3) is 0.400. The van der Waals surface area contributed by atoms with Crippen molar-refractivity contribution in [2.24, 2.45) is 0 Å². The van der Waals surface area contributed by atoms with Gasteiger partial charge < -0.3 is 0 Å². The van der Waals surface area contributed by atoms with E-state index in [0.29, 0.717) is 5.92 Å². The zero-order valence-corrected chi connectivity index (χ0v) is 10.2. The Morgan fingerprint density at radius 1 is 1.00 bits per heavy atom. The quantitative estimate of drug-likeness (QED) is 0.686. The van der Waals surface area contributed by atoms with E-state index in [0.717, 1.165) is 0 Å². The molecule has 1 aromatic carbocycles. The molecule has 0 heterocycles. The molecule has 0 radical (unpaired) electrons. The average Bonchev–Trinajstić information content (AvgIpc) is 1.88. The summed E-state index contributed by atoms with van der Waals surface area (Å²) >= 11 is 0. The third-order valence-electron chi connectivity index (χ3n) is 1.74. The van der Waals surface area contributed by atoms with Crippen molar-refractivity contribution in [3.63, 3.8) is 0 Å². The fourth-order valence-electron chi connectivity index (χ4n) is 0.951. The molecule has 0 N–H and O–H groups in total. The van der Waals surface area contributed by atoms with Gasteiger partial charge in [0.05, 0.1) is 0 Å². The number of aryl methyl sites for hydroxylation is 1. The molecule has 0 saturated carbocycles. The Morgan fingerprint density at radius 2 is 1.42 bits per heavy atom. The van der Waals surface area contributed by atoms with Crippen molar-refractivity contribution in [3.05, 3.63) is 35.4 Å². The Bertz CT molecular complexity index is 204. The largest absolute Gasteiger partial charge is 0.147 e. The number of halogens is 1. The van der Waals surface area contributed by atoms with Crippen molar-refractivity contribution in [1.82, 2.24) is 0 Å². The molecule has 0 amide bonds. The van der Waals surface area contributed by atoms with Crippen LogP contribution in [0.1, 0.15) is 30.9 Å². The molecule has 0 saturated heterocycles. The third kappa shape index (κ3) is 4.23. The summed E-state index contributed by atoms with van der Waals surface area (Å²) in [6, 6.07) is 8.71. The Labute approximate surface area is 93.9 Å². The van der Waals surface area contributed by atoms with E-state index in [2.05, 4.69) is 45.0 Å². The van der Waals surface area contributed by atoms with Crippen molar-refractivity contribution in [3.8, 4) is 0 Å². The summed E-state index contributed by atoms with van der Waals surface area (Å²) in [7, 11) is 0. The summed E-state index contributed by atoms with van der Waals surface area (Å²) in [6.07, 6.45) is 0. The monoisotopic (exact) mass is 272 g/mol. The van der Waals surface area contributed by atoms with Gasteiger partial charge in [-0.25, -0.2) is 0 Å². The fourth-order valence-corrected chi connectivity index (χ4v) is 0.951. The molecular formula is C10H15ClRu. The zero-order chi connectivity index (χ0) is 7.56. The molecule has 0 nitrogen and oxygen atoms in total. The molecule has 0 atom stereocenters. The van der Waals surface area contributed by atoms with Crippen LogP contribution >= 0.6 is 12.4 Å². The van der Waals surface area contributed by atoms with Gasteiger partial charge in [-0.2, -0.15) is 0 Å². The minimum Gasteiger partial charge on any atom is -0.147 e. The summed E-state index contributed by atoms with van der Waals surface area (Å²) < 4.78 is 0. The van der Waals surface area contributed by atoms with Gasteiger partial charge in [-0.1, -0.05) is 43.7 Å². The van der Waals surface area contributed by atoms with E-state index in [-0.39, 0.29) is 31.9 Å². The Balaban J connectivity index is 0. The van der Waals surface area contributed by atoms with E-state index >= 15 is 0 Å². The molecule has 0 aromatic heterocycles. The standard InChI is InChI=1S/C10H14.ClH.Ru/c1-8(2)10-6-4-9(3)5-7-10;;/h4-8H,1-3H3;1H;. The number of hydrogen-bond donors (Lipinski definition) is 0. The molecular weight excluding hydrogens is 257 g/mol. The molecule has 1 rings (SSSR count). The Hall–Kier alpha value is 0.133. The van der Waals surface area contributed by atoms with Crippen molar-refractivity contribution in [2.45, 2.75) is 26.7 Å². The van der Waals surface area contributed by atoms with Gasteiger partial charge in [0.25, 0.3) is 0 Å². The number of hydrogen-bond acceptors (Lipinski definition) is 0. The van der Waals surface area contributed by atoms with Crippen LogP contribution in [0.3, 0.4) is 0 Å². The second kappa shape index (κ2) is 6.63. The summed E-state index contributed by atoms with van der Waals surface area (Å²) in [5.74, 6) is 0.653. The summed E-state index contributed by atoms with van der Waals surface area (Å²) in [4.78, 5) is 0. The first-order chi connectivity index (χ1) is 4.70. The predicted octanol–water partition coefficient (Wildman–Crippen LogP) is 3.54. The van der Waals surface area contributed by atoms with Crippen LogP contribution in [0.4, 0.5) is 0 Å². The predicted molar refractivity (Wildman–Crippen MR) is 52.5 cm³/mol. The molecule has 70 valence electrons. The van der Waals surface area contributed by atoms with E-state index in [1.165, 1.54) is 11.1 Å². The van der Waals surface area contributed by atoms with E-state index in [1.54, 1.807) is 0 Å². The zero-order valence-electron chi connectivity index (χ0n) is 7.65. The minimum absolute atomic E-state index is 0. The maximum Gasteiger partial charge on any atom is 0 e. The summed E-state index contributed by atoms with van der Waals surface area (Å²) in [6.45, 7) is 6.54. The van der Waals surface area contributed by atoms with E-state index in [4.69, 9.17) is 0 Å². The molecule has 0 aliphatic heterocycles. The normalized spacial score (nSPS) is 8.67.